The molecule has 3 heterocycles. The fourth-order valence-corrected chi connectivity index (χ4v) is 4.29. The van der Waals surface area contributed by atoms with Gasteiger partial charge in [-0.05, 0) is 48.1 Å². The molecule has 3 nitrogen and oxygen atoms in total. The van der Waals surface area contributed by atoms with Gasteiger partial charge in [-0.15, -0.1) is 11.3 Å². The molecule has 0 saturated heterocycles. The lowest BCUT2D eigenvalue weighted by molar-refractivity contribution is -0.119. The predicted octanol–water partition coefficient (Wildman–Crippen LogP) is 4.51. The number of fused-ring (bicyclic) bond motifs is 1. The normalized spacial score (nSPS) is 15.1. The number of para-hydroxylation sites is 1. The van der Waals surface area contributed by atoms with E-state index in [0.29, 0.717) is 6.42 Å². The first kappa shape index (κ1) is 15.2. The van der Waals surface area contributed by atoms with Crippen molar-refractivity contribution in [2.24, 2.45) is 0 Å². The van der Waals surface area contributed by atoms with E-state index in [1.54, 1.807) is 11.3 Å². The molecular weight excluding hydrogens is 316 g/mol. The molecule has 0 unspecified atom stereocenters. The van der Waals surface area contributed by atoms with Crippen molar-refractivity contribution in [1.82, 2.24) is 4.57 Å². The summed E-state index contributed by atoms with van der Waals surface area (Å²) < 4.78 is 2.14. The molecule has 1 aromatic carbocycles. The van der Waals surface area contributed by atoms with Crippen LogP contribution in [-0.2, 0) is 11.2 Å². The van der Waals surface area contributed by atoms with Crippen molar-refractivity contribution in [1.29, 1.82) is 0 Å². The molecule has 0 saturated carbocycles. The van der Waals surface area contributed by atoms with E-state index in [1.165, 1.54) is 10.4 Å². The molecule has 4 heteroatoms. The van der Waals surface area contributed by atoms with Crippen molar-refractivity contribution >= 4 is 22.9 Å². The number of rotatable bonds is 4. The molecule has 0 fully saturated rings. The second kappa shape index (κ2) is 6.65. The van der Waals surface area contributed by atoms with Crippen molar-refractivity contribution in [3.05, 3.63) is 76.7 Å². The van der Waals surface area contributed by atoms with Crippen LogP contribution < -0.4 is 4.90 Å². The number of aryl methyl sites for hydroxylation is 1. The van der Waals surface area contributed by atoms with E-state index in [9.17, 15) is 4.79 Å². The Morgan fingerprint density at radius 2 is 1.92 bits per heavy atom. The van der Waals surface area contributed by atoms with Crippen molar-refractivity contribution in [3.8, 4) is 0 Å². The Morgan fingerprint density at radius 1 is 1.08 bits per heavy atom. The van der Waals surface area contributed by atoms with Crippen LogP contribution in [0.5, 0.6) is 0 Å². The maximum Gasteiger partial charge on any atom is 0.229 e. The van der Waals surface area contributed by atoms with Gasteiger partial charge in [0, 0.05) is 29.5 Å². The highest BCUT2D eigenvalue weighted by molar-refractivity contribution is 7.10. The molecule has 3 aromatic rings. The standard InChI is InChI=1S/C20H20N2OS/c23-20(22-13-5-8-16-7-1-2-9-17(16)22)15-18(19-10-6-14-24-19)21-11-3-4-12-21/h1-4,6-7,9-12,14,18H,5,8,13,15H2/t18-/m1/s1. The summed E-state index contributed by atoms with van der Waals surface area (Å²) in [6.07, 6.45) is 6.68. The van der Waals surface area contributed by atoms with Crippen LogP contribution in [0.3, 0.4) is 0 Å². The smallest absolute Gasteiger partial charge is 0.229 e. The minimum absolute atomic E-state index is 0.0709. The average molecular weight is 336 g/mol. The highest BCUT2D eigenvalue weighted by Crippen LogP contribution is 2.31. The van der Waals surface area contributed by atoms with Gasteiger partial charge in [0.05, 0.1) is 12.5 Å². The first-order chi connectivity index (χ1) is 11.8. The molecule has 2 aromatic heterocycles. The largest absolute Gasteiger partial charge is 0.346 e. The van der Waals surface area contributed by atoms with Crippen LogP contribution in [0.2, 0.25) is 0 Å². The van der Waals surface area contributed by atoms with Crippen molar-refractivity contribution < 1.29 is 4.79 Å². The maximum absolute atomic E-state index is 13.1. The second-order valence-corrected chi connectivity index (χ2v) is 7.12. The third kappa shape index (κ3) is 2.89. The zero-order valence-corrected chi connectivity index (χ0v) is 14.3. The minimum atomic E-state index is 0.0709. The summed E-state index contributed by atoms with van der Waals surface area (Å²) in [7, 11) is 0. The summed E-state index contributed by atoms with van der Waals surface area (Å²) >= 11 is 1.71. The Balaban J connectivity index is 1.61. The van der Waals surface area contributed by atoms with Crippen LogP contribution in [0.25, 0.3) is 0 Å². The number of hydrogen-bond donors (Lipinski definition) is 0. The number of carbonyl (C=O) groups excluding carboxylic acids is 1. The van der Waals surface area contributed by atoms with Gasteiger partial charge in [-0.2, -0.15) is 0 Å². The van der Waals surface area contributed by atoms with Gasteiger partial charge < -0.3 is 9.47 Å². The van der Waals surface area contributed by atoms with Crippen LogP contribution in [0, 0.1) is 0 Å². The summed E-state index contributed by atoms with van der Waals surface area (Å²) in [5.41, 5.74) is 2.37. The predicted molar refractivity (Wildman–Crippen MR) is 98.6 cm³/mol. The number of carbonyl (C=O) groups is 1. The van der Waals surface area contributed by atoms with E-state index in [2.05, 4.69) is 40.3 Å². The van der Waals surface area contributed by atoms with E-state index < -0.39 is 0 Å². The van der Waals surface area contributed by atoms with Gasteiger partial charge in [0.15, 0.2) is 0 Å². The lowest BCUT2D eigenvalue weighted by Gasteiger charge is -2.31. The Bertz CT molecular complexity index is 774. The quantitative estimate of drug-likeness (QED) is 0.688. The highest BCUT2D eigenvalue weighted by atomic mass is 32.1. The molecular formula is C20H20N2OS. The zero-order valence-electron chi connectivity index (χ0n) is 13.5. The summed E-state index contributed by atoms with van der Waals surface area (Å²) in [6, 6.07) is 16.6. The summed E-state index contributed by atoms with van der Waals surface area (Å²) in [5, 5.41) is 2.08. The number of nitrogens with zero attached hydrogens (tertiary/aromatic N) is 2. The number of anilines is 1. The fourth-order valence-electron chi connectivity index (χ4n) is 3.46. The topological polar surface area (TPSA) is 25.2 Å². The molecule has 0 aliphatic carbocycles. The van der Waals surface area contributed by atoms with Gasteiger partial charge in [0.1, 0.15) is 0 Å². The molecule has 1 amide bonds. The number of thiophene rings is 1. The number of amides is 1. The highest BCUT2D eigenvalue weighted by Gasteiger charge is 2.26. The third-order valence-electron chi connectivity index (χ3n) is 4.64. The monoisotopic (exact) mass is 336 g/mol. The van der Waals surface area contributed by atoms with Gasteiger partial charge in [-0.25, -0.2) is 0 Å². The lowest BCUT2D eigenvalue weighted by Crippen LogP contribution is -2.36. The van der Waals surface area contributed by atoms with Gasteiger partial charge in [-0.1, -0.05) is 24.3 Å². The average Bonchev–Trinajstić information content (AvgIpc) is 3.32. The second-order valence-electron chi connectivity index (χ2n) is 6.14. The van der Waals surface area contributed by atoms with E-state index in [0.717, 1.165) is 25.1 Å². The van der Waals surface area contributed by atoms with Gasteiger partial charge in [0.25, 0.3) is 0 Å². The summed E-state index contributed by atoms with van der Waals surface area (Å²) in [6.45, 7) is 0.818. The lowest BCUT2D eigenvalue weighted by atomic mass is 10.0. The van der Waals surface area contributed by atoms with E-state index in [-0.39, 0.29) is 11.9 Å². The Hall–Kier alpha value is -2.33. The number of benzene rings is 1. The SMILES string of the molecule is O=C(C[C@H](c1cccs1)n1cccc1)N1CCCc2ccccc21. The zero-order chi connectivity index (χ0) is 16.4. The number of hydrogen-bond acceptors (Lipinski definition) is 2. The fraction of sp³-hybridized carbons (Fsp3) is 0.250. The van der Waals surface area contributed by atoms with E-state index in [4.69, 9.17) is 0 Å². The first-order valence-corrected chi connectivity index (χ1v) is 9.25. The van der Waals surface area contributed by atoms with Crippen LogP contribution in [0.1, 0.15) is 29.3 Å². The van der Waals surface area contributed by atoms with Crippen molar-refractivity contribution in [3.63, 3.8) is 0 Å². The molecule has 1 atom stereocenters. The minimum Gasteiger partial charge on any atom is -0.346 e. The van der Waals surface area contributed by atoms with Crippen molar-refractivity contribution in [2.45, 2.75) is 25.3 Å². The van der Waals surface area contributed by atoms with Crippen LogP contribution in [0.15, 0.2) is 66.3 Å². The molecule has 4 rings (SSSR count). The molecule has 1 aliphatic heterocycles. The molecule has 24 heavy (non-hydrogen) atoms. The van der Waals surface area contributed by atoms with E-state index >= 15 is 0 Å². The number of aromatic nitrogens is 1. The molecule has 1 aliphatic rings. The molecule has 0 radical (unpaired) electrons. The summed E-state index contributed by atoms with van der Waals surface area (Å²) in [4.78, 5) is 16.3. The van der Waals surface area contributed by atoms with Crippen molar-refractivity contribution in [2.75, 3.05) is 11.4 Å². The molecule has 122 valence electrons. The van der Waals surface area contributed by atoms with Crippen LogP contribution in [0.4, 0.5) is 5.69 Å². The third-order valence-corrected chi connectivity index (χ3v) is 5.61. The Morgan fingerprint density at radius 3 is 2.71 bits per heavy atom. The van der Waals surface area contributed by atoms with Gasteiger partial charge in [-0.3, -0.25) is 4.79 Å². The molecule has 0 spiro atoms. The van der Waals surface area contributed by atoms with Gasteiger partial charge >= 0.3 is 0 Å². The van der Waals surface area contributed by atoms with Crippen LogP contribution in [-0.4, -0.2) is 17.0 Å². The van der Waals surface area contributed by atoms with Gasteiger partial charge in [0.2, 0.25) is 5.91 Å². The first-order valence-electron chi connectivity index (χ1n) is 8.37. The van der Waals surface area contributed by atoms with Crippen LogP contribution >= 0.6 is 11.3 Å². The summed E-state index contributed by atoms with van der Waals surface area (Å²) in [5.74, 6) is 0.203. The molecule has 0 bridgehead atoms. The Labute approximate surface area is 146 Å². The Kier molecular flexibility index (Phi) is 4.22. The van der Waals surface area contributed by atoms with E-state index in [1.807, 2.05) is 35.5 Å². The molecule has 0 N–H and O–H groups in total. The maximum atomic E-state index is 13.1.